The van der Waals surface area contributed by atoms with Gasteiger partial charge in [0, 0.05) is 30.4 Å². The summed E-state index contributed by atoms with van der Waals surface area (Å²) in [5.74, 6) is 0.674. The molecule has 7 nitrogen and oxygen atoms in total. The lowest BCUT2D eigenvalue weighted by Gasteiger charge is -2.16. The first-order chi connectivity index (χ1) is 12.9. The molecule has 0 spiro atoms. The molecule has 1 aromatic carbocycles. The standard InChI is InChI=1S/C20H25N5O2/c1-12(11-16-13(2)24-25(4)14(16)3)22-20(26)23-17-8-9-18(27-5)19-15(17)7-6-10-21-19/h6-10,12H,11H2,1-5H3,(H2,22,23,26). The van der Waals surface area contributed by atoms with Crippen LogP contribution in [0.2, 0.25) is 0 Å². The summed E-state index contributed by atoms with van der Waals surface area (Å²) >= 11 is 0. The zero-order valence-corrected chi connectivity index (χ0v) is 16.3. The van der Waals surface area contributed by atoms with Gasteiger partial charge in [0.05, 0.1) is 18.5 Å². The number of ether oxygens (including phenoxy) is 1. The summed E-state index contributed by atoms with van der Waals surface area (Å²) in [7, 11) is 3.53. The number of pyridine rings is 1. The van der Waals surface area contributed by atoms with E-state index in [1.54, 1.807) is 19.4 Å². The maximum Gasteiger partial charge on any atom is 0.319 e. The monoisotopic (exact) mass is 367 g/mol. The molecule has 142 valence electrons. The number of aryl methyl sites for hydroxylation is 2. The van der Waals surface area contributed by atoms with Crippen LogP contribution in [0.4, 0.5) is 10.5 Å². The van der Waals surface area contributed by atoms with Crippen molar-refractivity contribution in [1.82, 2.24) is 20.1 Å². The lowest BCUT2D eigenvalue weighted by atomic mass is 10.1. The van der Waals surface area contributed by atoms with E-state index in [0.29, 0.717) is 17.0 Å². The maximum atomic E-state index is 12.5. The minimum absolute atomic E-state index is 0.0331. The molecular weight excluding hydrogens is 342 g/mol. The number of aromatic nitrogens is 3. The highest BCUT2D eigenvalue weighted by Gasteiger charge is 2.16. The molecule has 0 aliphatic rings. The molecule has 2 N–H and O–H groups in total. The van der Waals surface area contributed by atoms with Gasteiger partial charge < -0.3 is 15.4 Å². The summed E-state index contributed by atoms with van der Waals surface area (Å²) in [5.41, 5.74) is 4.69. The molecule has 0 bridgehead atoms. The van der Waals surface area contributed by atoms with Gasteiger partial charge in [-0.25, -0.2) is 4.79 Å². The van der Waals surface area contributed by atoms with Crippen LogP contribution in [-0.4, -0.2) is 33.9 Å². The van der Waals surface area contributed by atoms with Gasteiger partial charge in [0.1, 0.15) is 11.3 Å². The van der Waals surface area contributed by atoms with Gasteiger partial charge in [0.15, 0.2) is 0 Å². The molecule has 0 saturated heterocycles. The minimum Gasteiger partial charge on any atom is -0.494 e. The first kappa shape index (κ1) is 18.7. The highest BCUT2D eigenvalue weighted by Crippen LogP contribution is 2.29. The Balaban J connectivity index is 1.72. The van der Waals surface area contributed by atoms with E-state index in [1.807, 2.05) is 50.7 Å². The van der Waals surface area contributed by atoms with E-state index in [9.17, 15) is 4.79 Å². The van der Waals surface area contributed by atoms with E-state index in [-0.39, 0.29) is 12.1 Å². The largest absolute Gasteiger partial charge is 0.494 e. The van der Waals surface area contributed by atoms with Crippen LogP contribution < -0.4 is 15.4 Å². The van der Waals surface area contributed by atoms with Crippen molar-refractivity contribution in [1.29, 1.82) is 0 Å². The number of fused-ring (bicyclic) bond motifs is 1. The van der Waals surface area contributed by atoms with E-state index < -0.39 is 0 Å². The van der Waals surface area contributed by atoms with Crippen LogP contribution in [0.5, 0.6) is 5.75 Å². The second kappa shape index (κ2) is 7.65. The molecule has 0 radical (unpaired) electrons. The third-order valence-corrected chi connectivity index (χ3v) is 4.75. The number of benzene rings is 1. The Morgan fingerprint density at radius 3 is 2.74 bits per heavy atom. The summed E-state index contributed by atoms with van der Waals surface area (Å²) in [6, 6.07) is 7.08. The van der Waals surface area contributed by atoms with E-state index >= 15 is 0 Å². The minimum atomic E-state index is -0.253. The van der Waals surface area contributed by atoms with Crippen LogP contribution >= 0.6 is 0 Å². The first-order valence-electron chi connectivity index (χ1n) is 8.89. The number of nitrogens with one attached hydrogen (secondary N) is 2. The molecule has 3 aromatic rings. The molecule has 1 unspecified atom stereocenters. The van der Waals surface area contributed by atoms with Crippen molar-refractivity contribution in [3.8, 4) is 5.75 Å². The number of carbonyl (C=O) groups excluding carboxylic acids is 1. The molecule has 0 fully saturated rings. The lowest BCUT2D eigenvalue weighted by molar-refractivity contribution is 0.249. The van der Waals surface area contributed by atoms with E-state index in [1.165, 1.54) is 5.56 Å². The van der Waals surface area contributed by atoms with Gasteiger partial charge in [0.25, 0.3) is 0 Å². The number of carbonyl (C=O) groups is 1. The zero-order chi connectivity index (χ0) is 19.6. The topological polar surface area (TPSA) is 81.1 Å². The third kappa shape index (κ3) is 3.86. The summed E-state index contributed by atoms with van der Waals surface area (Å²) in [4.78, 5) is 16.8. The lowest BCUT2D eigenvalue weighted by Crippen LogP contribution is -2.37. The summed E-state index contributed by atoms with van der Waals surface area (Å²) < 4.78 is 7.21. The number of rotatable bonds is 5. The molecule has 3 rings (SSSR count). The van der Waals surface area contributed by atoms with Crippen LogP contribution in [0.3, 0.4) is 0 Å². The number of nitrogens with zero attached hydrogens (tertiary/aromatic N) is 3. The second-order valence-corrected chi connectivity index (χ2v) is 6.69. The smallest absolute Gasteiger partial charge is 0.319 e. The Morgan fingerprint density at radius 1 is 1.30 bits per heavy atom. The molecule has 27 heavy (non-hydrogen) atoms. The molecule has 2 heterocycles. The summed E-state index contributed by atoms with van der Waals surface area (Å²) in [6.45, 7) is 6.02. The number of anilines is 1. The van der Waals surface area contributed by atoms with Gasteiger partial charge in [-0.15, -0.1) is 0 Å². The molecule has 2 amide bonds. The van der Waals surface area contributed by atoms with Gasteiger partial charge in [-0.05, 0) is 57.0 Å². The Morgan fingerprint density at radius 2 is 2.07 bits per heavy atom. The molecule has 7 heteroatoms. The van der Waals surface area contributed by atoms with Crippen molar-refractivity contribution >= 4 is 22.6 Å². The average Bonchev–Trinajstić information content (AvgIpc) is 2.88. The fourth-order valence-electron chi connectivity index (χ4n) is 3.27. The highest BCUT2D eigenvalue weighted by atomic mass is 16.5. The zero-order valence-electron chi connectivity index (χ0n) is 16.3. The Bertz CT molecular complexity index is 980. The first-order valence-corrected chi connectivity index (χ1v) is 8.89. The van der Waals surface area contributed by atoms with Crippen molar-refractivity contribution in [3.05, 3.63) is 47.4 Å². The molecule has 0 aliphatic carbocycles. The molecule has 0 aliphatic heterocycles. The Labute approximate surface area is 158 Å². The molecule has 1 atom stereocenters. The van der Waals surface area contributed by atoms with Crippen molar-refractivity contribution in [2.45, 2.75) is 33.2 Å². The average molecular weight is 367 g/mol. The van der Waals surface area contributed by atoms with Gasteiger partial charge in [-0.3, -0.25) is 9.67 Å². The predicted molar refractivity (Wildman–Crippen MR) is 106 cm³/mol. The van der Waals surface area contributed by atoms with E-state index in [2.05, 4.69) is 20.7 Å². The van der Waals surface area contributed by atoms with Crippen LogP contribution in [0.15, 0.2) is 30.5 Å². The quantitative estimate of drug-likeness (QED) is 0.725. The molecule has 2 aromatic heterocycles. The van der Waals surface area contributed by atoms with Crippen molar-refractivity contribution in [2.75, 3.05) is 12.4 Å². The van der Waals surface area contributed by atoms with Crippen LogP contribution in [-0.2, 0) is 13.5 Å². The van der Waals surface area contributed by atoms with Crippen LogP contribution in [0, 0.1) is 13.8 Å². The number of hydrogen-bond donors (Lipinski definition) is 2. The van der Waals surface area contributed by atoms with Gasteiger partial charge in [-0.2, -0.15) is 5.10 Å². The van der Waals surface area contributed by atoms with Crippen molar-refractivity contribution in [2.24, 2.45) is 7.05 Å². The fourth-order valence-corrected chi connectivity index (χ4v) is 3.27. The maximum absolute atomic E-state index is 12.5. The Kier molecular flexibility index (Phi) is 5.30. The third-order valence-electron chi connectivity index (χ3n) is 4.75. The van der Waals surface area contributed by atoms with Crippen molar-refractivity contribution < 1.29 is 9.53 Å². The molecule has 0 saturated carbocycles. The second-order valence-electron chi connectivity index (χ2n) is 6.69. The number of hydrogen-bond acceptors (Lipinski definition) is 4. The Hall–Kier alpha value is -3.09. The summed E-state index contributed by atoms with van der Waals surface area (Å²) in [6.07, 6.45) is 2.43. The SMILES string of the molecule is COc1ccc(NC(=O)NC(C)Cc2c(C)nn(C)c2C)c2cccnc12. The van der Waals surface area contributed by atoms with Gasteiger partial charge >= 0.3 is 6.03 Å². The van der Waals surface area contributed by atoms with Crippen LogP contribution in [0.25, 0.3) is 10.9 Å². The van der Waals surface area contributed by atoms with Gasteiger partial charge in [-0.1, -0.05) is 0 Å². The number of urea groups is 1. The van der Waals surface area contributed by atoms with Crippen molar-refractivity contribution in [3.63, 3.8) is 0 Å². The summed E-state index contributed by atoms with van der Waals surface area (Å²) in [5, 5.41) is 11.2. The number of methoxy groups -OCH3 is 1. The van der Waals surface area contributed by atoms with E-state index in [0.717, 1.165) is 23.2 Å². The van der Waals surface area contributed by atoms with Crippen LogP contribution in [0.1, 0.15) is 23.9 Å². The molecular formula is C20H25N5O2. The normalized spacial score (nSPS) is 12.0. The highest BCUT2D eigenvalue weighted by molar-refractivity contribution is 6.02. The van der Waals surface area contributed by atoms with Gasteiger partial charge in [0.2, 0.25) is 0 Å². The number of amides is 2. The fraction of sp³-hybridized carbons (Fsp3) is 0.350. The van der Waals surface area contributed by atoms with E-state index in [4.69, 9.17) is 4.74 Å². The predicted octanol–water partition coefficient (Wildman–Crippen LogP) is 3.35.